The van der Waals surface area contributed by atoms with Crippen molar-refractivity contribution < 1.29 is 4.79 Å². The van der Waals surface area contributed by atoms with Crippen molar-refractivity contribution in [2.75, 3.05) is 23.7 Å². The average molecular weight is 576 g/mol. The molecular formula is C28H30ClN9OS. The average Bonchev–Trinajstić information content (AvgIpc) is 3.66. The molecule has 0 aliphatic carbocycles. The molecule has 0 saturated carbocycles. The number of aromatic nitrogens is 6. The van der Waals surface area contributed by atoms with Gasteiger partial charge in [0.15, 0.2) is 11.5 Å². The van der Waals surface area contributed by atoms with E-state index < -0.39 is 0 Å². The van der Waals surface area contributed by atoms with Crippen molar-refractivity contribution in [1.82, 2.24) is 33.4 Å². The zero-order chi connectivity index (χ0) is 27.6. The molecule has 4 aromatic heterocycles. The van der Waals surface area contributed by atoms with Gasteiger partial charge >= 0.3 is 0 Å². The lowest BCUT2D eigenvalue weighted by Crippen LogP contribution is -2.33. The second-order valence-electron chi connectivity index (χ2n) is 10.3. The molecule has 10 nitrogen and oxygen atoms in total. The van der Waals surface area contributed by atoms with Gasteiger partial charge in [-0.25, -0.2) is 9.97 Å². The fourth-order valence-corrected chi connectivity index (χ4v) is 5.87. The number of hydrogen-bond acceptors (Lipinski definition) is 8. The summed E-state index contributed by atoms with van der Waals surface area (Å²) in [5, 5.41) is 12.2. The Morgan fingerprint density at radius 3 is 2.88 bits per heavy atom. The summed E-state index contributed by atoms with van der Waals surface area (Å²) in [6.07, 6.45) is 9.88. The largest absolute Gasteiger partial charge is 0.328 e. The predicted molar refractivity (Wildman–Crippen MR) is 158 cm³/mol. The van der Waals surface area contributed by atoms with Crippen molar-refractivity contribution in [1.29, 1.82) is 0 Å². The van der Waals surface area contributed by atoms with E-state index in [0.29, 0.717) is 22.2 Å². The highest BCUT2D eigenvalue weighted by Crippen LogP contribution is 2.28. The first-order valence-corrected chi connectivity index (χ1v) is 14.4. The van der Waals surface area contributed by atoms with Gasteiger partial charge in [0.1, 0.15) is 11.5 Å². The molecule has 1 atom stereocenters. The number of halogens is 1. The number of anilines is 3. The van der Waals surface area contributed by atoms with Crippen LogP contribution in [-0.2, 0) is 17.9 Å². The fourth-order valence-electron chi connectivity index (χ4n) is 5.09. The molecule has 6 rings (SSSR count). The van der Waals surface area contributed by atoms with E-state index in [9.17, 15) is 4.79 Å². The maximum Gasteiger partial charge on any atom is 0.246 e. The van der Waals surface area contributed by atoms with Crippen LogP contribution in [0.1, 0.15) is 31.2 Å². The van der Waals surface area contributed by atoms with Crippen LogP contribution in [-0.4, -0.2) is 52.4 Å². The number of imidazole rings is 1. The molecule has 0 bridgehead atoms. The van der Waals surface area contributed by atoms with Crippen molar-refractivity contribution >= 4 is 51.2 Å². The van der Waals surface area contributed by atoms with Gasteiger partial charge in [0.2, 0.25) is 5.91 Å². The number of piperidine rings is 1. The fraction of sp³-hybridized carbons (Fsp3) is 0.321. The van der Waals surface area contributed by atoms with Crippen molar-refractivity contribution in [2.45, 2.75) is 39.8 Å². The topological polar surface area (TPSA) is 105 Å². The molecular weight excluding hydrogens is 546 g/mol. The minimum Gasteiger partial charge on any atom is -0.328 e. The maximum absolute atomic E-state index is 12.5. The highest BCUT2D eigenvalue weighted by Gasteiger charge is 2.18. The van der Waals surface area contributed by atoms with Gasteiger partial charge < -0.3 is 10.6 Å². The lowest BCUT2D eigenvalue weighted by Gasteiger charge is -2.30. The Labute approximate surface area is 241 Å². The van der Waals surface area contributed by atoms with E-state index in [2.05, 4.69) is 43.0 Å². The van der Waals surface area contributed by atoms with E-state index in [4.69, 9.17) is 16.6 Å². The first-order valence-electron chi connectivity index (χ1n) is 13.3. The molecule has 5 heterocycles. The van der Waals surface area contributed by atoms with E-state index in [-0.39, 0.29) is 12.5 Å². The van der Waals surface area contributed by atoms with Crippen LogP contribution in [0.5, 0.6) is 0 Å². The van der Waals surface area contributed by atoms with Crippen molar-refractivity contribution in [3.63, 3.8) is 0 Å². The molecule has 1 saturated heterocycles. The zero-order valence-corrected chi connectivity index (χ0v) is 23.9. The van der Waals surface area contributed by atoms with Crippen molar-refractivity contribution in [3.8, 4) is 11.3 Å². The molecule has 12 heteroatoms. The summed E-state index contributed by atoms with van der Waals surface area (Å²) in [6, 6.07) is 9.09. The Balaban J connectivity index is 1.16. The second-order valence-corrected chi connectivity index (χ2v) is 11.6. The molecule has 0 radical (unpaired) electrons. The summed E-state index contributed by atoms with van der Waals surface area (Å²) in [4.78, 5) is 24.4. The van der Waals surface area contributed by atoms with Gasteiger partial charge in [-0.05, 0) is 74.1 Å². The van der Waals surface area contributed by atoms with E-state index in [0.717, 1.165) is 53.2 Å². The van der Waals surface area contributed by atoms with Crippen LogP contribution < -0.4 is 10.6 Å². The quantitative estimate of drug-likeness (QED) is 0.247. The van der Waals surface area contributed by atoms with Crippen molar-refractivity contribution in [3.05, 3.63) is 71.5 Å². The SMILES string of the molecule is Cc1cn2c(-c3cnn(CC(=O)Nc4ccc(Cl)cc4)c3)cnc2c(Nc2cc(CN3CCCC(C)C3)ns2)n1. The molecule has 206 valence electrons. The zero-order valence-electron chi connectivity index (χ0n) is 22.3. The number of fused-ring (bicyclic) bond motifs is 1. The number of nitrogens with one attached hydrogen (secondary N) is 2. The Morgan fingerprint density at radius 2 is 2.05 bits per heavy atom. The monoisotopic (exact) mass is 575 g/mol. The third kappa shape index (κ3) is 6.01. The number of benzene rings is 1. The van der Waals surface area contributed by atoms with Crippen molar-refractivity contribution in [2.24, 2.45) is 5.92 Å². The van der Waals surface area contributed by atoms with Crippen LogP contribution in [0.25, 0.3) is 16.9 Å². The third-order valence-corrected chi connectivity index (χ3v) is 7.90. The molecule has 1 aliphatic heterocycles. The van der Waals surface area contributed by atoms with E-state index in [1.807, 2.05) is 23.7 Å². The number of amides is 1. The minimum atomic E-state index is -0.180. The summed E-state index contributed by atoms with van der Waals surface area (Å²) < 4.78 is 8.28. The normalized spacial score (nSPS) is 15.9. The molecule has 1 amide bonds. The van der Waals surface area contributed by atoms with E-state index in [1.54, 1.807) is 41.3 Å². The third-order valence-electron chi connectivity index (χ3n) is 6.90. The van der Waals surface area contributed by atoms with Gasteiger partial charge in [0.25, 0.3) is 0 Å². The number of nitrogens with zero attached hydrogens (tertiary/aromatic N) is 7. The summed E-state index contributed by atoms with van der Waals surface area (Å²) in [6.45, 7) is 7.48. The molecule has 1 aliphatic rings. The second kappa shape index (κ2) is 11.4. The van der Waals surface area contributed by atoms with Crippen LogP contribution in [0.3, 0.4) is 0 Å². The lowest BCUT2D eigenvalue weighted by atomic mass is 10.0. The summed E-state index contributed by atoms with van der Waals surface area (Å²) in [5.74, 6) is 1.23. The maximum atomic E-state index is 12.5. The number of rotatable bonds is 8. The Kier molecular flexibility index (Phi) is 7.50. The summed E-state index contributed by atoms with van der Waals surface area (Å²) in [7, 11) is 0. The number of carbonyl (C=O) groups excluding carboxylic acids is 1. The first kappa shape index (κ1) is 26.4. The Morgan fingerprint density at radius 1 is 1.20 bits per heavy atom. The van der Waals surface area contributed by atoms with E-state index >= 15 is 0 Å². The molecule has 40 heavy (non-hydrogen) atoms. The van der Waals surface area contributed by atoms with Crippen LogP contribution in [0, 0.1) is 12.8 Å². The highest BCUT2D eigenvalue weighted by molar-refractivity contribution is 7.10. The lowest BCUT2D eigenvalue weighted by molar-refractivity contribution is -0.116. The molecule has 1 aromatic carbocycles. The Hall–Kier alpha value is -3.80. The van der Waals surface area contributed by atoms with Gasteiger partial charge in [0.05, 0.1) is 29.5 Å². The highest BCUT2D eigenvalue weighted by atomic mass is 35.5. The first-order chi connectivity index (χ1) is 19.4. The molecule has 2 N–H and O–H groups in total. The standard InChI is InChI=1S/C28H30ClN9OS/c1-18-4-3-9-36(13-18)16-23-10-26(40-35-23)34-27-28-30-12-24(38(28)14-19(2)32-27)20-11-31-37(15-20)17-25(39)33-22-7-5-21(29)6-8-22/h5-8,10-12,14-15,18H,3-4,9,13,16-17H2,1-2H3,(H,32,34)(H,33,39). The molecule has 1 fully saturated rings. The number of carbonyl (C=O) groups is 1. The number of aryl methyl sites for hydroxylation is 1. The van der Waals surface area contributed by atoms with Crippen LogP contribution in [0.15, 0.2) is 55.1 Å². The van der Waals surface area contributed by atoms with Gasteiger partial charge in [-0.1, -0.05) is 18.5 Å². The number of hydrogen-bond donors (Lipinski definition) is 2. The van der Waals surface area contributed by atoms with Gasteiger partial charge in [-0.2, -0.15) is 9.47 Å². The molecule has 1 unspecified atom stereocenters. The van der Waals surface area contributed by atoms with Gasteiger partial charge in [-0.15, -0.1) is 0 Å². The predicted octanol–water partition coefficient (Wildman–Crippen LogP) is 5.63. The van der Waals surface area contributed by atoms with Crippen LogP contribution in [0.4, 0.5) is 16.5 Å². The van der Waals surface area contributed by atoms with Crippen LogP contribution >= 0.6 is 23.1 Å². The summed E-state index contributed by atoms with van der Waals surface area (Å²) in [5.41, 5.74) is 5.00. The minimum absolute atomic E-state index is 0.0802. The van der Waals surface area contributed by atoms with Gasteiger partial charge in [-0.3, -0.25) is 18.8 Å². The smallest absolute Gasteiger partial charge is 0.246 e. The van der Waals surface area contributed by atoms with Crippen LogP contribution in [0.2, 0.25) is 5.02 Å². The summed E-state index contributed by atoms with van der Waals surface area (Å²) >= 11 is 7.36. The van der Waals surface area contributed by atoms with Gasteiger partial charge in [0, 0.05) is 41.8 Å². The number of likely N-dealkylation sites (tertiary alicyclic amines) is 1. The molecule has 5 aromatic rings. The Bertz CT molecular complexity index is 1640. The van der Waals surface area contributed by atoms with E-state index in [1.165, 1.54) is 24.4 Å². The molecule has 0 spiro atoms.